The summed E-state index contributed by atoms with van der Waals surface area (Å²) < 4.78 is 32.7. The molecule has 21 heavy (non-hydrogen) atoms. The van der Waals surface area contributed by atoms with Crippen LogP contribution in [0, 0.1) is 5.92 Å². The molecule has 2 unspecified atom stereocenters. The molecule has 2 atom stereocenters. The number of sulfonamides is 1. The molecule has 1 aromatic carbocycles. The maximum Gasteiger partial charge on any atom is 0.214 e. The van der Waals surface area contributed by atoms with E-state index in [4.69, 9.17) is 27.9 Å². The van der Waals surface area contributed by atoms with Gasteiger partial charge in [0.1, 0.15) is 0 Å². The van der Waals surface area contributed by atoms with Crippen molar-refractivity contribution in [2.45, 2.75) is 25.0 Å². The van der Waals surface area contributed by atoms with Crippen molar-refractivity contribution in [2.24, 2.45) is 5.92 Å². The molecule has 1 N–H and O–H groups in total. The molecule has 2 rings (SSSR count). The highest BCUT2D eigenvalue weighted by atomic mass is 35.5. The first-order valence-electron chi connectivity index (χ1n) is 6.94. The van der Waals surface area contributed by atoms with Gasteiger partial charge in [-0.3, -0.25) is 0 Å². The molecule has 1 fully saturated rings. The highest BCUT2D eigenvalue weighted by molar-refractivity contribution is 7.90. The van der Waals surface area contributed by atoms with Gasteiger partial charge in [-0.25, -0.2) is 13.1 Å². The Morgan fingerprint density at radius 2 is 2.14 bits per heavy atom. The monoisotopic (exact) mass is 351 g/mol. The van der Waals surface area contributed by atoms with Gasteiger partial charge in [0.15, 0.2) is 0 Å². The third kappa shape index (κ3) is 4.33. The van der Waals surface area contributed by atoms with E-state index in [-0.39, 0.29) is 5.92 Å². The van der Waals surface area contributed by atoms with Gasteiger partial charge < -0.3 is 4.74 Å². The topological polar surface area (TPSA) is 55.4 Å². The summed E-state index contributed by atoms with van der Waals surface area (Å²) in [6, 6.07) is 5.24. The Labute approximate surface area is 135 Å². The smallest absolute Gasteiger partial charge is 0.214 e. The zero-order valence-electron chi connectivity index (χ0n) is 11.8. The Bertz CT molecular complexity index is 592. The summed E-state index contributed by atoms with van der Waals surface area (Å²) in [5.74, 6) is -0.126. The van der Waals surface area contributed by atoms with Crippen molar-refractivity contribution in [3.05, 3.63) is 33.8 Å². The molecule has 0 saturated carbocycles. The number of hydrogen-bond donors (Lipinski definition) is 1. The summed E-state index contributed by atoms with van der Waals surface area (Å²) in [6.07, 6.45) is 1.03. The third-order valence-electron chi connectivity index (χ3n) is 3.64. The van der Waals surface area contributed by atoms with Crippen LogP contribution in [0.5, 0.6) is 0 Å². The van der Waals surface area contributed by atoms with E-state index in [1.807, 2.05) is 0 Å². The van der Waals surface area contributed by atoms with E-state index in [1.54, 1.807) is 25.1 Å². The van der Waals surface area contributed by atoms with Gasteiger partial charge >= 0.3 is 0 Å². The first kappa shape index (κ1) is 17.0. The summed E-state index contributed by atoms with van der Waals surface area (Å²) in [5, 5.41) is 0.739. The van der Waals surface area contributed by atoms with Gasteiger partial charge in [0.2, 0.25) is 10.0 Å². The molecular weight excluding hydrogens is 333 g/mol. The van der Waals surface area contributed by atoms with E-state index >= 15 is 0 Å². The lowest BCUT2D eigenvalue weighted by atomic mass is 9.93. The van der Waals surface area contributed by atoms with Crippen molar-refractivity contribution in [3.63, 3.8) is 0 Å². The lowest BCUT2D eigenvalue weighted by Gasteiger charge is -2.31. The number of halogens is 2. The lowest BCUT2D eigenvalue weighted by Crippen LogP contribution is -2.44. The molecule has 4 nitrogen and oxygen atoms in total. The first-order chi connectivity index (χ1) is 9.94. The van der Waals surface area contributed by atoms with Gasteiger partial charge in [0.05, 0.1) is 11.9 Å². The van der Waals surface area contributed by atoms with Gasteiger partial charge in [-0.15, -0.1) is 0 Å². The minimum atomic E-state index is -3.33. The Kier molecular flexibility index (Phi) is 5.91. The molecule has 0 bridgehead atoms. The number of benzene rings is 1. The first-order valence-corrected chi connectivity index (χ1v) is 9.24. The van der Waals surface area contributed by atoms with Crippen LogP contribution in [0.3, 0.4) is 0 Å². The van der Waals surface area contributed by atoms with Crippen LogP contribution in [0.15, 0.2) is 18.2 Å². The molecule has 0 radical (unpaired) electrons. The molecule has 0 aliphatic carbocycles. The number of hydrogen-bond acceptors (Lipinski definition) is 3. The van der Waals surface area contributed by atoms with Gasteiger partial charge in [-0.05, 0) is 36.6 Å². The minimum Gasteiger partial charge on any atom is -0.381 e. The molecule has 0 aromatic heterocycles. The lowest BCUT2D eigenvalue weighted by molar-refractivity contribution is 0.0570. The molecular formula is C14H19Cl2NO3S. The van der Waals surface area contributed by atoms with Gasteiger partial charge in [0.25, 0.3) is 0 Å². The fourth-order valence-electron chi connectivity index (χ4n) is 2.67. The van der Waals surface area contributed by atoms with Crippen molar-refractivity contribution in [1.29, 1.82) is 0 Å². The Balaban J connectivity index is 2.21. The van der Waals surface area contributed by atoms with Crippen LogP contribution in [0.25, 0.3) is 0 Å². The number of nitrogens with one attached hydrogen (secondary N) is 1. The fraction of sp³-hybridized carbons (Fsp3) is 0.571. The van der Waals surface area contributed by atoms with Crippen molar-refractivity contribution >= 4 is 33.2 Å². The molecule has 0 amide bonds. The molecule has 118 valence electrons. The predicted molar refractivity (Wildman–Crippen MR) is 85.5 cm³/mol. The number of rotatable bonds is 5. The van der Waals surface area contributed by atoms with E-state index in [9.17, 15) is 8.42 Å². The second-order valence-corrected chi connectivity index (χ2v) is 7.97. The molecule has 1 aromatic rings. The minimum absolute atomic E-state index is 0.126. The van der Waals surface area contributed by atoms with E-state index in [2.05, 4.69) is 4.72 Å². The van der Waals surface area contributed by atoms with Crippen LogP contribution >= 0.6 is 23.2 Å². The van der Waals surface area contributed by atoms with Gasteiger partial charge in [-0.2, -0.15) is 0 Å². The van der Waals surface area contributed by atoms with E-state index in [0.717, 1.165) is 5.56 Å². The quantitative estimate of drug-likeness (QED) is 0.887. The second-order valence-electron chi connectivity index (χ2n) is 5.14. The van der Waals surface area contributed by atoms with Gasteiger partial charge in [-0.1, -0.05) is 30.1 Å². The van der Waals surface area contributed by atoms with Crippen LogP contribution in [0.4, 0.5) is 0 Å². The van der Waals surface area contributed by atoms with E-state index in [1.165, 1.54) is 0 Å². The van der Waals surface area contributed by atoms with Crippen LogP contribution in [0.1, 0.15) is 18.9 Å². The van der Waals surface area contributed by atoms with Crippen molar-refractivity contribution in [2.75, 3.05) is 19.8 Å². The maximum absolute atomic E-state index is 12.3. The van der Waals surface area contributed by atoms with Crippen LogP contribution < -0.4 is 4.72 Å². The SMILES string of the molecule is CCNS(=O)(=O)C1CCOCC1Cc1cc(Cl)ccc1Cl. The third-order valence-corrected chi connectivity index (χ3v) is 6.35. The average molecular weight is 352 g/mol. The van der Waals surface area contributed by atoms with E-state index in [0.29, 0.717) is 42.6 Å². The van der Waals surface area contributed by atoms with Crippen LogP contribution in [0.2, 0.25) is 10.0 Å². The zero-order chi connectivity index (χ0) is 15.5. The average Bonchev–Trinajstić information content (AvgIpc) is 2.43. The predicted octanol–water partition coefficient (Wildman–Crippen LogP) is 2.88. The van der Waals surface area contributed by atoms with Gasteiger partial charge in [0, 0.05) is 29.1 Å². The van der Waals surface area contributed by atoms with E-state index < -0.39 is 15.3 Å². The molecule has 1 saturated heterocycles. The molecule has 1 aliphatic rings. The summed E-state index contributed by atoms with van der Waals surface area (Å²) in [5.41, 5.74) is 0.858. The summed E-state index contributed by atoms with van der Waals surface area (Å²) >= 11 is 12.2. The molecule has 7 heteroatoms. The Morgan fingerprint density at radius 3 is 2.86 bits per heavy atom. The van der Waals surface area contributed by atoms with Crippen LogP contribution in [-0.4, -0.2) is 33.4 Å². The van der Waals surface area contributed by atoms with Crippen molar-refractivity contribution in [1.82, 2.24) is 4.72 Å². The van der Waals surface area contributed by atoms with Crippen molar-refractivity contribution < 1.29 is 13.2 Å². The van der Waals surface area contributed by atoms with Crippen molar-refractivity contribution in [3.8, 4) is 0 Å². The van der Waals surface area contributed by atoms with Crippen LogP contribution in [-0.2, 0) is 21.2 Å². The normalized spacial score (nSPS) is 23.2. The fourth-order valence-corrected chi connectivity index (χ4v) is 4.76. The largest absolute Gasteiger partial charge is 0.381 e. The molecule has 1 heterocycles. The summed E-state index contributed by atoms with van der Waals surface area (Å²) in [7, 11) is -3.33. The maximum atomic E-state index is 12.3. The molecule has 0 spiro atoms. The summed E-state index contributed by atoms with van der Waals surface area (Å²) in [6.45, 7) is 3.05. The highest BCUT2D eigenvalue weighted by Gasteiger charge is 2.36. The summed E-state index contributed by atoms with van der Waals surface area (Å²) in [4.78, 5) is 0. The molecule has 1 aliphatic heterocycles. The highest BCUT2D eigenvalue weighted by Crippen LogP contribution is 2.29. The Morgan fingerprint density at radius 1 is 1.38 bits per heavy atom. The second kappa shape index (κ2) is 7.29. The standard InChI is InChI=1S/C14H19Cl2NO3S/c1-2-17-21(18,19)14-5-6-20-9-11(14)7-10-8-12(15)3-4-13(10)16/h3-4,8,11,14,17H,2,5-7,9H2,1H3. The Hall–Kier alpha value is -0.330. The number of ether oxygens (including phenoxy) is 1. The zero-order valence-corrected chi connectivity index (χ0v) is 14.1.